The standard InChI is InChI=1S/C18H25Cl2N4O7P/c1-4-27-16(25)17(32(26,29-5-2)30-6-3)28-9-11-7-8-12(31-11)24-10-21-13-14(19)22-18(20)23-15(13)24/h10-12,17H,4-9H2,1-3H3/t11-,12+,17?/m0/s1. The number of halogens is 2. The Hall–Kier alpha value is -1.33. The van der Waals surface area contributed by atoms with E-state index in [-0.39, 0.29) is 43.0 Å². The number of fused-ring (bicyclic) bond motifs is 1. The molecule has 14 heteroatoms. The number of carbonyl (C=O) groups is 1. The van der Waals surface area contributed by atoms with Crippen LogP contribution in [0.4, 0.5) is 0 Å². The maximum atomic E-state index is 13.1. The smallest absolute Gasteiger partial charge is 0.370 e. The van der Waals surface area contributed by atoms with Crippen LogP contribution in [0.2, 0.25) is 10.4 Å². The van der Waals surface area contributed by atoms with E-state index < -0.39 is 25.6 Å². The van der Waals surface area contributed by atoms with Crippen LogP contribution in [-0.2, 0) is 32.6 Å². The SMILES string of the molecule is CCOC(=O)C(OC[C@@H]1CC[C@H](n2cnc3c(Cl)nc(Cl)nc32)O1)P(=O)(OCC)OCC. The third-order valence-corrected chi connectivity index (χ3v) is 7.18. The minimum Gasteiger partial charge on any atom is -0.464 e. The quantitative estimate of drug-likeness (QED) is 0.189. The highest BCUT2D eigenvalue weighted by molar-refractivity contribution is 7.55. The Morgan fingerprint density at radius 1 is 1.22 bits per heavy atom. The fraction of sp³-hybridized carbons (Fsp3) is 0.667. The zero-order valence-corrected chi connectivity index (χ0v) is 20.3. The van der Waals surface area contributed by atoms with Gasteiger partial charge in [-0.1, -0.05) is 11.6 Å². The molecule has 0 spiro atoms. The maximum Gasteiger partial charge on any atom is 0.370 e. The summed E-state index contributed by atoms with van der Waals surface area (Å²) in [5.41, 5.74) is 0.860. The van der Waals surface area contributed by atoms with E-state index in [0.29, 0.717) is 24.0 Å². The summed E-state index contributed by atoms with van der Waals surface area (Å²) < 4.78 is 42.2. The van der Waals surface area contributed by atoms with Crippen LogP contribution >= 0.6 is 30.8 Å². The monoisotopic (exact) mass is 510 g/mol. The molecule has 0 saturated carbocycles. The van der Waals surface area contributed by atoms with Crippen LogP contribution in [-0.4, -0.2) is 63.9 Å². The summed E-state index contributed by atoms with van der Waals surface area (Å²) in [6, 6.07) is 0. The number of imidazole rings is 1. The highest BCUT2D eigenvalue weighted by Crippen LogP contribution is 2.54. The fourth-order valence-electron chi connectivity index (χ4n) is 3.31. The van der Waals surface area contributed by atoms with Crippen molar-refractivity contribution in [2.75, 3.05) is 26.4 Å². The number of esters is 1. The number of ether oxygens (including phenoxy) is 3. The largest absolute Gasteiger partial charge is 0.464 e. The molecule has 0 radical (unpaired) electrons. The van der Waals surface area contributed by atoms with Gasteiger partial charge in [0.1, 0.15) is 11.7 Å². The Morgan fingerprint density at radius 3 is 2.59 bits per heavy atom. The van der Waals surface area contributed by atoms with E-state index in [1.54, 1.807) is 31.7 Å². The van der Waals surface area contributed by atoms with Gasteiger partial charge in [-0.2, -0.15) is 4.98 Å². The van der Waals surface area contributed by atoms with Crippen molar-refractivity contribution in [3.05, 3.63) is 16.8 Å². The number of nitrogens with zero attached hydrogens (tertiary/aromatic N) is 4. The molecule has 1 aliphatic heterocycles. The lowest BCUT2D eigenvalue weighted by Crippen LogP contribution is -2.31. The first-order valence-corrected chi connectivity index (χ1v) is 12.6. The van der Waals surface area contributed by atoms with Crippen molar-refractivity contribution >= 4 is 47.9 Å². The van der Waals surface area contributed by atoms with Crippen LogP contribution in [0.5, 0.6) is 0 Å². The molecule has 178 valence electrons. The third kappa shape index (κ3) is 5.59. The average Bonchev–Trinajstić information content (AvgIpc) is 3.35. The second-order valence-electron chi connectivity index (χ2n) is 6.71. The molecular weight excluding hydrogens is 486 g/mol. The van der Waals surface area contributed by atoms with Crippen molar-refractivity contribution in [2.24, 2.45) is 0 Å². The van der Waals surface area contributed by atoms with E-state index in [4.69, 9.17) is 46.5 Å². The molecule has 0 aromatic carbocycles. The first kappa shape index (κ1) is 25.3. The lowest BCUT2D eigenvalue weighted by molar-refractivity contribution is -0.154. The van der Waals surface area contributed by atoms with Crippen LogP contribution in [0.3, 0.4) is 0 Å². The Morgan fingerprint density at radius 2 is 1.94 bits per heavy atom. The molecule has 1 aliphatic rings. The first-order chi connectivity index (χ1) is 15.3. The number of hydrogen-bond donors (Lipinski definition) is 0. The van der Waals surface area contributed by atoms with Gasteiger partial charge in [0.15, 0.2) is 10.8 Å². The highest BCUT2D eigenvalue weighted by Gasteiger charge is 2.44. The molecule has 11 nitrogen and oxygen atoms in total. The summed E-state index contributed by atoms with van der Waals surface area (Å²) >= 11 is 12.0. The molecule has 1 saturated heterocycles. The predicted octanol–water partition coefficient (Wildman–Crippen LogP) is 3.98. The summed E-state index contributed by atoms with van der Waals surface area (Å²) in [4.78, 5) is 24.7. The maximum absolute atomic E-state index is 13.1. The van der Waals surface area contributed by atoms with Crippen molar-refractivity contribution in [1.29, 1.82) is 0 Å². The van der Waals surface area contributed by atoms with Crippen molar-refractivity contribution in [3.8, 4) is 0 Å². The Kier molecular flexibility index (Phi) is 8.85. The molecule has 3 atom stereocenters. The van der Waals surface area contributed by atoms with E-state index in [0.717, 1.165) is 0 Å². The molecular formula is C18H25Cl2N4O7P. The van der Waals surface area contributed by atoms with E-state index in [1.807, 2.05) is 0 Å². The third-order valence-electron chi connectivity index (χ3n) is 4.58. The lowest BCUT2D eigenvalue weighted by atomic mass is 10.2. The lowest BCUT2D eigenvalue weighted by Gasteiger charge is -2.25. The molecule has 3 heterocycles. The van der Waals surface area contributed by atoms with E-state index in [2.05, 4.69) is 15.0 Å². The van der Waals surface area contributed by atoms with Crippen LogP contribution in [0.15, 0.2) is 6.33 Å². The topological polar surface area (TPSA) is 124 Å². The van der Waals surface area contributed by atoms with Crippen LogP contribution in [0, 0.1) is 0 Å². The van der Waals surface area contributed by atoms with Crippen molar-refractivity contribution in [3.63, 3.8) is 0 Å². The minimum absolute atomic E-state index is 0.00186. The molecule has 0 bridgehead atoms. The zero-order valence-electron chi connectivity index (χ0n) is 17.9. The van der Waals surface area contributed by atoms with Gasteiger partial charge in [0.2, 0.25) is 5.28 Å². The second kappa shape index (κ2) is 11.2. The molecule has 1 fully saturated rings. The molecule has 2 aromatic heterocycles. The number of hydrogen-bond acceptors (Lipinski definition) is 10. The van der Waals surface area contributed by atoms with Crippen molar-refractivity contribution < 1.29 is 32.6 Å². The molecule has 0 amide bonds. The van der Waals surface area contributed by atoms with Crippen LogP contribution in [0.1, 0.15) is 39.8 Å². The Labute approximate surface area is 195 Å². The van der Waals surface area contributed by atoms with Gasteiger partial charge < -0.3 is 23.3 Å². The Balaban J connectivity index is 1.71. The predicted molar refractivity (Wildman–Crippen MR) is 116 cm³/mol. The summed E-state index contributed by atoms with van der Waals surface area (Å²) in [7, 11) is -3.89. The van der Waals surface area contributed by atoms with Crippen LogP contribution < -0.4 is 0 Å². The first-order valence-electron chi connectivity index (χ1n) is 10.2. The summed E-state index contributed by atoms with van der Waals surface area (Å²) in [5, 5.41) is 0.151. The number of carbonyl (C=O) groups excluding carboxylic acids is 1. The van der Waals surface area contributed by atoms with Gasteiger partial charge in [-0.3, -0.25) is 9.13 Å². The van der Waals surface area contributed by atoms with Gasteiger partial charge in [0.05, 0.1) is 38.9 Å². The van der Waals surface area contributed by atoms with Crippen LogP contribution in [0.25, 0.3) is 11.2 Å². The fourth-order valence-corrected chi connectivity index (χ4v) is 5.40. The van der Waals surface area contributed by atoms with Gasteiger partial charge in [0, 0.05) is 0 Å². The van der Waals surface area contributed by atoms with Crippen molar-refractivity contribution in [2.45, 2.75) is 51.8 Å². The molecule has 1 unspecified atom stereocenters. The minimum atomic E-state index is -3.89. The van der Waals surface area contributed by atoms with E-state index in [9.17, 15) is 9.36 Å². The average molecular weight is 511 g/mol. The molecule has 3 rings (SSSR count). The van der Waals surface area contributed by atoms with E-state index >= 15 is 0 Å². The highest BCUT2D eigenvalue weighted by atomic mass is 35.5. The molecule has 0 aliphatic carbocycles. The number of aromatic nitrogens is 4. The normalized spacial score (nSPS) is 20.0. The van der Waals surface area contributed by atoms with Gasteiger partial charge in [-0.25, -0.2) is 14.8 Å². The van der Waals surface area contributed by atoms with Gasteiger partial charge in [0.25, 0.3) is 5.85 Å². The molecule has 2 aromatic rings. The Bertz CT molecular complexity index is 982. The van der Waals surface area contributed by atoms with Crippen molar-refractivity contribution in [1.82, 2.24) is 19.5 Å². The molecule has 32 heavy (non-hydrogen) atoms. The zero-order chi connectivity index (χ0) is 23.3. The number of rotatable bonds is 11. The van der Waals surface area contributed by atoms with Gasteiger partial charge >= 0.3 is 13.6 Å². The van der Waals surface area contributed by atoms with Gasteiger partial charge in [-0.15, -0.1) is 0 Å². The summed E-state index contributed by atoms with van der Waals surface area (Å²) in [5.74, 6) is -2.32. The molecule has 0 N–H and O–H groups in total. The van der Waals surface area contributed by atoms with E-state index in [1.165, 1.54) is 0 Å². The summed E-state index contributed by atoms with van der Waals surface area (Å²) in [6.07, 6.45) is 1.99. The van der Waals surface area contributed by atoms with Gasteiger partial charge in [-0.05, 0) is 45.2 Å². The second-order valence-corrected chi connectivity index (χ2v) is 9.47. The summed E-state index contributed by atoms with van der Waals surface area (Å²) in [6.45, 7) is 5.18.